The number of oxime groups is 1. The molecule has 1 aliphatic rings. The van der Waals surface area contributed by atoms with Crippen molar-refractivity contribution in [2.45, 2.75) is 0 Å². The van der Waals surface area contributed by atoms with Gasteiger partial charge in [-0.25, -0.2) is 4.79 Å². The van der Waals surface area contributed by atoms with Crippen molar-refractivity contribution in [2.75, 3.05) is 6.61 Å². The number of hydrogen-bond donors (Lipinski definition) is 0. The number of carbonyl (C=O) groups is 1. The molecule has 0 saturated carbocycles. The molecule has 0 N–H and O–H groups in total. The molecule has 0 spiro atoms. The minimum absolute atomic E-state index is 0.297. The van der Waals surface area contributed by atoms with Crippen LogP contribution in [0.25, 0.3) is 10.8 Å². The highest BCUT2D eigenvalue weighted by molar-refractivity contribution is 6.15. The smallest absolute Gasteiger partial charge is 0.365 e. The van der Waals surface area contributed by atoms with Crippen LogP contribution in [0.15, 0.2) is 71.9 Å². The van der Waals surface area contributed by atoms with E-state index in [4.69, 9.17) is 9.57 Å². The minimum atomic E-state index is -0.480. The van der Waals surface area contributed by atoms with Gasteiger partial charge in [0.2, 0.25) is 0 Å². The first kappa shape index (κ1) is 13.5. The maximum Gasteiger partial charge on any atom is 0.365 e. The number of carbonyl (C=O) groups excluding carboxylic acids is 1. The summed E-state index contributed by atoms with van der Waals surface area (Å²) in [6, 6.07) is 20.7. The topological polar surface area (TPSA) is 47.9 Å². The highest BCUT2D eigenvalue weighted by Gasteiger charge is 2.23. The largest absolute Gasteiger partial charge is 0.486 e. The lowest BCUT2D eigenvalue weighted by atomic mass is 10.0. The number of ether oxygens (including phenoxy) is 1. The molecule has 0 radical (unpaired) electrons. The fraction of sp³-hybridized carbons (Fsp3) is 0.0526. The van der Waals surface area contributed by atoms with Gasteiger partial charge in [-0.2, -0.15) is 0 Å². The van der Waals surface area contributed by atoms with Gasteiger partial charge in [-0.15, -0.1) is 0 Å². The van der Waals surface area contributed by atoms with E-state index in [-0.39, 0.29) is 0 Å². The molecule has 0 unspecified atom stereocenters. The summed E-state index contributed by atoms with van der Waals surface area (Å²) in [5, 5.41) is 6.17. The van der Waals surface area contributed by atoms with Crippen LogP contribution in [0.2, 0.25) is 0 Å². The molecule has 0 atom stereocenters. The van der Waals surface area contributed by atoms with Gasteiger partial charge in [-0.05, 0) is 29.0 Å². The van der Waals surface area contributed by atoms with E-state index in [0.29, 0.717) is 17.9 Å². The molecule has 4 rings (SSSR count). The SMILES string of the molecule is O=C(ON=C1COc2ccc3ccccc3c21)c1ccccc1. The number of nitrogens with zero attached hydrogens (tertiary/aromatic N) is 1. The third-order valence-corrected chi connectivity index (χ3v) is 3.79. The summed E-state index contributed by atoms with van der Waals surface area (Å²) in [6.45, 7) is 0.297. The summed E-state index contributed by atoms with van der Waals surface area (Å²) in [4.78, 5) is 17.1. The Hall–Kier alpha value is -3.14. The molecule has 1 aliphatic heterocycles. The zero-order chi connectivity index (χ0) is 15.6. The molecule has 4 heteroatoms. The van der Waals surface area contributed by atoms with Gasteiger partial charge in [-0.1, -0.05) is 53.7 Å². The molecule has 3 aromatic rings. The first-order valence-corrected chi connectivity index (χ1v) is 7.31. The van der Waals surface area contributed by atoms with Crippen molar-refractivity contribution < 1.29 is 14.4 Å². The Morgan fingerprint density at radius 2 is 1.74 bits per heavy atom. The Bertz CT molecular complexity index is 916. The lowest BCUT2D eigenvalue weighted by molar-refractivity contribution is 0.0515. The second-order valence-corrected chi connectivity index (χ2v) is 5.23. The average molecular weight is 303 g/mol. The van der Waals surface area contributed by atoms with Crippen LogP contribution in [0, 0.1) is 0 Å². The fourth-order valence-corrected chi connectivity index (χ4v) is 2.68. The van der Waals surface area contributed by atoms with Crippen LogP contribution in [0.3, 0.4) is 0 Å². The number of benzene rings is 3. The van der Waals surface area contributed by atoms with E-state index in [2.05, 4.69) is 5.16 Å². The van der Waals surface area contributed by atoms with Gasteiger partial charge < -0.3 is 9.57 Å². The van der Waals surface area contributed by atoms with E-state index >= 15 is 0 Å². The summed E-state index contributed by atoms with van der Waals surface area (Å²) < 4.78 is 5.64. The van der Waals surface area contributed by atoms with Gasteiger partial charge in [0.15, 0.2) is 0 Å². The van der Waals surface area contributed by atoms with Crippen LogP contribution in [0.1, 0.15) is 15.9 Å². The van der Waals surface area contributed by atoms with E-state index < -0.39 is 5.97 Å². The summed E-state index contributed by atoms with van der Waals surface area (Å²) in [7, 11) is 0. The second kappa shape index (κ2) is 5.57. The molecule has 23 heavy (non-hydrogen) atoms. The highest BCUT2D eigenvalue weighted by Crippen LogP contribution is 2.32. The summed E-state index contributed by atoms with van der Waals surface area (Å²) in [5.41, 5.74) is 1.99. The zero-order valence-corrected chi connectivity index (χ0v) is 12.2. The first-order valence-electron chi connectivity index (χ1n) is 7.31. The number of rotatable bonds is 2. The number of fused-ring (bicyclic) bond motifs is 3. The van der Waals surface area contributed by atoms with E-state index in [1.165, 1.54) is 0 Å². The zero-order valence-electron chi connectivity index (χ0n) is 12.2. The van der Waals surface area contributed by atoms with Crippen molar-refractivity contribution in [3.8, 4) is 5.75 Å². The van der Waals surface area contributed by atoms with Crippen molar-refractivity contribution in [1.82, 2.24) is 0 Å². The molecule has 0 aromatic heterocycles. The maximum absolute atomic E-state index is 12.0. The third kappa shape index (κ3) is 2.44. The van der Waals surface area contributed by atoms with Crippen LogP contribution >= 0.6 is 0 Å². The fourth-order valence-electron chi connectivity index (χ4n) is 2.68. The van der Waals surface area contributed by atoms with Crippen molar-refractivity contribution in [3.63, 3.8) is 0 Å². The van der Waals surface area contributed by atoms with Crippen LogP contribution in [0.5, 0.6) is 5.75 Å². The Balaban J connectivity index is 1.68. The second-order valence-electron chi connectivity index (χ2n) is 5.23. The standard InChI is InChI=1S/C19H13NO3/c21-19(14-7-2-1-3-8-14)23-20-16-12-22-17-11-10-13-6-4-5-9-15(13)18(16)17/h1-11H,12H2. The lowest BCUT2D eigenvalue weighted by Crippen LogP contribution is -2.07. The van der Waals surface area contributed by atoms with Gasteiger partial charge in [-0.3, -0.25) is 0 Å². The molecular formula is C19H13NO3. The van der Waals surface area contributed by atoms with Crippen molar-refractivity contribution in [1.29, 1.82) is 0 Å². The van der Waals surface area contributed by atoms with Gasteiger partial charge >= 0.3 is 5.97 Å². The van der Waals surface area contributed by atoms with Gasteiger partial charge in [0.25, 0.3) is 0 Å². The van der Waals surface area contributed by atoms with Crippen molar-refractivity contribution in [2.24, 2.45) is 5.16 Å². The molecule has 3 aromatic carbocycles. The molecule has 0 saturated heterocycles. The van der Waals surface area contributed by atoms with Gasteiger partial charge in [0, 0.05) is 0 Å². The molecule has 0 fully saturated rings. The number of hydrogen-bond acceptors (Lipinski definition) is 4. The van der Waals surface area contributed by atoms with E-state index in [1.807, 2.05) is 42.5 Å². The minimum Gasteiger partial charge on any atom is -0.486 e. The quantitative estimate of drug-likeness (QED) is 0.534. The average Bonchev–Trinajstić information content (AvgIpc) is 3.04. The normalized spacial score (nSPS) is 14.5. The molecule has 4 nitrogen and oxygen atoms in total. The predicted octanol–water partition coefficient (Wildman–Crippen LogP) is 3.79. The molecule has 112 valence electrons. The van der Waals surface area contributed by atoms with E-state index in [9.17, 15) is 4.79 Å². The van der Waals surface area contributed by atoms with E-state index in [0.717, 1.165) is 22.1 Å². The van der Waals surface area contributed by atoms with Crippen molar-refractivity contribution >= 4 is 22.5 Å². The maximum atomic E-state index is 12.0. The molecular weight excluding hydrogens is 290 g/mol. The Morgan fingerprint density at radius 3 is 2.61 bits per heavy atom. The Labute approximate surface area is 132 Å². The van der Waals surface area contributed by atoms with Gasteiger partial charge in [0.05, 0.1) is 11.1 Å². The Morgan fingerprint density at radius 1 is 0.957 bits per heavy atom. The van der Waals surface area contributed by atoms with Crippen LogP contribution in [-0.2, 0) is 4.84 Å². The lowest BCUT2D eigenvalue weighted by Gasteiger charge is -2.03. The highest BCUT2D eigenvalue weighted by atomic mass is 16.7. The van der Waals surface area contributed by atoms with E-state index in [1.54, 1.807) is 24.3 Å². The van der Waals surface area contributed by atoms with Gasteiger partial charge in [0.1, 0.15) is 18.1 Å². The van der Waals surface area contributed by atoms with Crippen LogP contribution in [-0.4, -0.2) is 18.3 Å². The predicted molar refractivity (Wildman–Crippen MR) is 87.8 cm³/mol. The molecule has 1 heterocycles. The summed E-state index contributed by atoms with van der Waals surface area (Å²) >= 11 is 0. The monoisotopic (exact) mass is 303 g/mol. The summed E-state index contributed by atoms with van der Waals surface area (Å²) in [5.74, 6) is 0.282. The molecule has 0 amide bonds. The molecule has 0 bridgehead atoms. The first-order chi connectivity index (χ1) is 11.3. The summed E-state index contributed by atoms with van der Waals surface area (Å²) in [6.07, 6.45) is 0. The van der Waals surface area contributed by atoms with Crippen molar-refractivity contribution in [3.05, 3.63) is 77.9 Å². The molecule has 0 aliphatic carbocycles. The third-order valence-electron chi connectivity index (χ3n) is 3.79. The van der Waals surface area contributed by atoms with Crippen LogP contribution < -0.4 is 4.74 Å². The van der Waals surface area contributed by atoms with Crippen LogP contribution in [0.4, 0.5) is 0 Å². The Kier molecular flexibility index (Phi) is 3.27.